The molecule has 0 aliphatic carbocycles. The number of carbonyl (C=O) groups is 1. The van der Waals surface area contributed by atoms with Crippen LogP contribution >= 0.6 is 0 Å². The molecule has 2 rings (SSSR count). The van der Waals surface area contributed by atoms with Crippen molar-refractivity contribution in [3.63, 3.8) is 0 Å². The number of piperazine rings is 1. The number of carbonyl (C=O) groups excluding carboxylic acids is 1. The Labute approximate surface area is 125 Å². The predicted octanol–water partition coefficient (Wildman–Crippen LogP) is 1.10. The normalized spacial score (nSPS) is 16.3. The van der Waals surface area contributed by atoms with E-state index in [1.165, 1.54) is 11.8 Å². The molecule has 1 saturated heterocycles. The molecule has 1 aliphatic heterocycles. The number of anilines is 1. The Morgan fingerprint density at radius 1 is 1.32 bits per heavy atom. The molecule has 0 saturated carbocycles. The van der Waals surface area contributed by atoms with Crippen molar-refractivity contribution >= 4 is 11.9 Å². The number of halogens is 3. The first-order chi connectivity index (χ1) is 10.3. The lowest BCUT2D eigenvalue weighted by molar-refractivity contribution is -0.141. The van der Waals surface area contributed by atoms with Gasteiger partial charge in [0.1, 0.15) is 5.69 Å². The maximum Gasteiger partial charge on any atom is 0.433 e. The second-order valence-corrected chi connectivity index (χ2v) is 4.99. The van der Waals surface area contributed by atoms with Gasteiger partial charge in [0, 0.05) is 32.4 Å². The second-order valence-electron chi connectivity index (χ2n) is 4.99. The van der Waals surface area contributed by atoms with E-state index in [0.717, 1.165) is 6.07 Å². The Morgan fingerprint density at radius 3 is 2.64 bits per heavy atom. The number of rotatable bonds is 4. The largest absolute Gasteiger partial charge is 0.433 e. The monoisotopic (exact) mass is 318 g/mol. The van der Waals surface area contributed by atoms with Crippen molar-refractivity contribution in [3.8, 4) is 0 Å². The summed E-state index contributed by atoms with van der Waals surface area (Å²) in [7, 11) is 1.54. The fourth-order valence-corrected chi connectivity index (χ4v) is 2.16. The summed E-state index contributed by atoms with van der Waals surface area (Å²) in [5.41, 5.74) is -0.782. The van der Waals surface area contributed by atoms with Crippen LogP contribution in [0.3, 0.4) is 0 Å². The topological polar surface area (TPSA) is 58.6 Å². The summed E-state index contributed by atoms with van der Waals surface area (Å²) in [5.74, 6) is -0.242. The first-order valence-electron chi connectivity index (χ1n) is 6.76. The molecule has 9 heteroatoms. The smallest absolute Gasteiger partial charge is 0.383 e. The molecular weight excluding hydrogens is 301 g/mol. The van der Waals surface area contributed by atoms with Gasteiger partial charge in [0.2, 0.25) is 11.9 Å². The van der Waals surface area contributed by atoms with E-state index in [1.54, 1.807) is 12.0 Å². The zero-order valence-electron chi connectivity index (χ0n) is 12.4. The number of methoxy groups -OCH3 is 1. The third kappa shape index (κ3) is 3.85. The lowest BCUT2D eigenvalue weighted by Crippen LogP contribution is -2.51. The molecule has 0 atom stereocenters. The first kappa shape index (κ1) is 16.5. The molecule has 1 fully saturated rings. The molecule has 0 unspecified atom stereocenters. The van der Waals surface area contributed by atoms with Crippen LogP contribution in [0.15, 0.2) is 6.07 Å². The number of hydrogen-bond donors (Lipinski definition) is 0. The van der Waals surface area contributed by atoms with Crippen molar-refractivity contribution in [2.45, 2.75) is 13.1 Å². The van der Waals surface area contributed by atoms with E-state index in [9.17, 15) is 18.0 Å². The highest BCUT2D eigenvalue weighted by molar-refractivity contribution is 5.82. The molecule has 1 aliphatic rings. The highest BCUT2D eigenvalue weighted by Crippen LogP contribution is 2.29. The van der Waals surface area contributed by atoms with E-state index < -0.39 is 11.9 Å². The van der Waals surface area contributed by atoms with Gasteiger partial charge in [-0.25, -0.2) is 9.97 Å². The van der Waals surface area contributed by atoms with Gasteiger partial charge in [-0.3, -0.25) is 4.79 Å². The number of alkyl halides is 3. The van der Waals surface area contributed by atoms with Gasteiger partial charge >= 0.3 is 6.18 Å². The third-order valence-corrected chi connectivity index (χ3v) is 3.30. The van der Waals surface area contributed by atoms with Crippen LogP contribution in [-0.2, 0) is 15.7 Å². The highest BCUT2D eigenvalue weighted by Gasteiger charge is 2.34. The van der Waals surface area contributed by atoms with Gasteiger partial charge in [-0.2, -0.15) is 13.2 Å². The van der Waals surface area contributed by atoms with Crippen molar-refractivity contribution in [3.05, 3.63) is 17.5 Å². The van der Waals surface area contributed by atoms with Gasteiger partial charge in [-0.1, -0.05) is 0 Å². The quantitative estimate of drug-likeness (QED) is 0.832. The molecule has 6 nitrogen and oxygen atoms in total. The summed E-state index contributed by atoms with van der Waals surface area (Å²) in [6.07, 6.45) is -4.53. The standard InChI is InChI=1S/C13H17F3N4O2/c1-9-7-10(13(14,15)16)18-12(17-9)20-4-3-19(5-6-22-2)11(21)8-20/h7H,3-6,8H2,1-2H3. The van der Waals surface area contributed by atoms with E-state index in [4.69, 9.17) is 4.74 Å². The highest BCUT2D eigenvalue weighted by atomic mass is 19.4. The first-order valence-corrected chi connectivity index (χ1v) is 6.76. The zero-order chi connectivity index (χ0) is 16.3. The van der Waals surface area contributed by atoms with Crippen LogP contribution in [0.2, 0.25) is 0 Å². The number of nitrogens with zero attached hydrogens (tertiary/aromatic N) is 4. The molecular formula is C13H17F3N4O2. The number of aryl methyl sites for hydroxylation is 1. The van der Waals surface area contributed by atoms with Gasteiger partial charge < -0.3 is 14.5 Å². The predicted molar refractivity (Wildman–Crippen MR) is 72.4 cm³/mol. The van der Waals surface area contributed by atoms with E-state index in [2.05, 4.69) is 9.97 Å². The maximum atomic E-state index is 12.8. The van der Waals surface area contributed by atoms with Crippen molar-refractivity contribution in [1.82, 2.24) is 14.9 Å². The maximum absolute atomic E-state index is 12.8. The lowest BCUT2D eigenvalue weighted by Gasteiger charge is -2.34. The second kappa shape index (κ2) is 6.47. The minimum Gasteiger partial charge on any atom is -0.383 e. The van der Waals surface area contributed by atoms with Gasteiger partial charge in [0.05, 0.1) is 13.2 Å². The van der Waals surface area contributed by atoms with Crippen LogP contribution < -0.4 is 4.90 Å². The number of amides is 1. The average molecular weight is 318 g/mol. The molecule has 0 bridgehead atoms. The summed E-state index contributed by atoms with van der Waals surface area (Å²) < 4.78 is 43.3. The Balaban J connectivity index is 2.13. The molecule has 1 aromatic heterocycles. The molecule has 1 aromatic rings. The van der Waals surface area contributed by atoms with Crippen molar-refractivity contribution < 1.29 is 22.7 Å². The molecule has 2 heterocycles. The fourth-order valence-electron chi connectivity index (χ4n) is 2.16. The summed E-state index contributed by atoms with van der Waals surface area (Å²) >= 11 is 0. The fraction of sp³-hybridized carbons (Fsp3) is 0.615. The average Bonchev–Trinajstić information content (AvgIpc) is 2.44. The summed E-state index contributed by atoms with van der Waals surface area (Å²) in [4.78, 5) is 22.6. The Kier molecular flexibility index (Phi) is 4.84. The molecule has 0 aromatic carbocycles. The van der Waals surface area contributed by atoms with Crippen LogP contribution in [-0.4, -0.2) is 60.7 Å². The van der Waals surface area contributed by atoms with E-state index in [-0.39, 0.29) is 24.1 Å². The molecule has 0 radical (unpaired) electrons. The van der Waals surface area contributed by atoms with Crippen LogP contribution in [0.4, 0.5) is 19.1 Å². The minimum atomic E-state index is -4.53. The van der Waals surface area contributed by atoms with Crippen molar-refractivity contribution in [1.29, 1.82) is 0 Å². The molecule has 22 heavy (non-hydrogen) atoms. The summed E-state index contributed by atoms with van der Waals surface area (Å²) in [5, 5.41) is 0. The summed E-state index contributed by atoms with van der Waals surface area (Å²) in [6, 6.07) is 0.889. The van der Waals surface area contributed by atoms with Crippen molar-refractivity contribution in [2.75, 3.05) is 44.8 Å². The van der Waals surface area contributed by atoms with Crippen molar-refractivity contribution in [2.24, 2.45) is 0 Å². The van der Waals surface area contributed by atoms with Gasteiger partial charge in [-0.15, -0.1) is 0 Å². The third-order valence-electron chi connectivity index (χ3n) is 3.30. The van der Waals surface area contributed by atoms with E-state index in [1.807, 2.05) is 0 Å². The van der Waals surface area contributed by atoms with Gasteiger partial charge in [0.15, 0.2) is 0 Å². The van der Waals surface area contributed by atoms with Crippen LogP contribution in [0.5, 0.6) is 0 Å². The van der Waals surface area contributed by atoms with Gasteiger partial charge in [0.25, 0.3) is 0 Å². The SMILES string of the molecule is COCCN1CCN(c2nc(C)cc(C(F)(F)F)n2)CC1=O. The van der Waals surface area contributed by atoms with E-state index >= 15 is 0 Å². The Morgan fingerprint density at radius 2 is 2.05 bits per heavy atom. The number of hydrogen-bond acceptors (Lipinski definition) is 5. The van der Waals surface area contributed by atoms with E-state index in [0.29, 0.717) is 26.2 Å². The molecule has 0 N–H and O–H groups in total. The molecule has 1 amide bonds. The molecule has 122 valence electrons. The molecule has 0 spiro atoms. The van der Waals surface area contributed by atoms with Crippen LogP contribution in [0.25, 0.3) is 0 Å². The lowest BCUT2D eigenvalue weighted by atomic mass is 10.3. The minimum absolute atomic E-state index is 0.0372. The number of aromatic nitrogens is 2. The van der Waals surface area contributed by atoms with Crippen LogP contribution in [0.1, 0.15) is 11.4 Å². The van der Waals surface area contributed by atoms with Crippen LogP contribution in [0, 0.1) is 6.92 Å². The van der Waals surface area contributed by atoms with Gasteiger partial charge in [-0.05, 0) is 13.0 Å². The summed E-state index contributed by atoms with van der Waals surface area (Å²) in [6.45, 7) is 3.11. The Bertz CT molecular complexity index is 551. The number of ether oxygens (including phenoxy) is 1. The Hall–Kier alpha value is -1.90. The zero-order valence-corrected chi connectivity index (χ0v) is 12.4.